The highest BCUT2D eigenvalue weighted by Gasteiger charge is 2.45. The molecule has 0 amide bonds. The topological polar surface area (TPSA) is 46.4 Å². The lowest BCUT2D eigenvalue weighted by atomic mass is 9.86. The molecule has 2 rings (SSSR count). The summed E-state index contributed by atoms with van der Waals surface area (Å²) in [4.78, 5) is 13.4. The van der Waals surface area contributed by atoms with Crippen LogP contribution in [0.2, 0.25) is 0 Å². The Morgan fingerprint density at radius 3 is 2.60 bits per heavy atom. The fourth-order valence-corrected chi connectivity index (χ4v) is 3.07. The summed E-state index contributed by atoms with van der Waals surface area (Å²) in [5, 5.41) is 11.3. The third-order valence-electron chi connectivity index (χ3n) is 4.67. The smallest absolute Gasteiger partial charge is 0.275 e. The summed E-state index contributed by atoms with van der Waals surface area (Å²) in [6.45, 7) is 11.8. The first-order chi connectivity index (χ1) is 9.26. The van der Waals surface area contributed by atoms with Crippen molar-refractivity contribution in [3.05, 3.63) is 33.9 Å². The second-order valence-electron chi connectivity index (χ2n) is 6.68. The van der Waals surface area contributed by atoms with Gasteiger partial charge in [-0.05, 0) is 32.3 Å². The molecule has 1 heterocycles. The number of nitro groups is 1. The molecule has 0 bridgehead atoms. The van der Waals surface area contributed by atoms with Crippen molar-refractivity contribution in [2.24, 2.45) is 5.92 Å². The fraction of sp³-hybridized carbons (Fsp3) is 0.625. The minimum Gasteiger partial charge on any atom is -0.365 e. The van der Waals surface area contributed by atoms with Crippen LogP contribution in [-0.4, -0.2) is 17.0 Å². The van der Waals surface area contributed by atoms with E-state index in [1.807, 2.05) is 6.07 Å². The summed E-state index contributed by atoms with van der Waals surface area (Å²) in [6.07, 6.45) is 1.10. The van der Waals surface area contributed by atoms with Crippen molar-refractivity contribution in [1.29, 1.82) is 0 Å². The van der Waals surface area contributed by atoms with Crippen molar-refractivity contribution < 1.29 is 4.92 Å². The van der Waals surface area contributed by atoms with Crippen molar-refractivity contribution in [3.8, 4) is 0 Å². The Balaban J connectivity index is 2.47. The number of fused-ring (bicyclic) bond motifs is 1. The van der Waals surface area contributed by atoms with Gasteiger partial charge in [0.05, 0.1) is 10.5 Å². The minimum atomic E-state index is -0.253. The van der Waals surface area contributed by atoms with Crippen molar-refractivity contribution in [2.75, 3.05) is 11.4 Å². The lowest BCUT2D eigenvalue weighted by Gasteiger charge is -2.37. The highest BCUT2D eigenvalue weighted by atomic mass is 16.6. The molecule has 1 aromatic rings. The van der Waals surface area contributed by atoms with Crippen LogP contribution in [-0.2, 0) is 0 Å². The van der Waals surface area contributed by atoms with Gasteiger partial charge in [0, 0.05) is 29.8 Å². The Morgan fingerprint density at radius 1 is 1.40 bits per heavy atom. The van der Waals surface area contributed by atoms with E-state index in [4.69, 9.17) is 0 Å². The van der Waals surface area contributed by atoms with Gasteiger partial charge in [-0.1, -0.05) is 26.8 Å². The number of nitro benzene ring substituents is 1. The number of hydrogen-bond acceptors (Lipinski definition) is 3. The van der Waals surface area contributed by atoms with Crippen LogP contribution in [0.1, 0.15) is 52.5 Å². The molecule has 1 aliphatic rings. The Bertz CT molecular complexity index is 523. The van der Waals surface area contributed by atoms with Crippen LogP contribution in [0.5, 0.6) is 0 Å². The standard InChI is InChI=1S/C16H24N2O2/c1-11(2)9-10-17-13-7-6-8-14(18(19)20)15(13)12(3)16(17,4)5/h6-8,11-12H,9-10H2,1-5H3. The molecule has 4 heteroatoms. The van der Waals surface area contributed by atoms with Crippen LogP contribution in [0, 0.1) is 16.0 Å². The highest BCUT2D eigenvalue weighted by molar-refractivity contribution is 5.70. The Morgan fingerprint density at radius 2 is 2.05 bits per heavy atom. The van der Waals surface area contributed by atoms with Gasteiger partial charge in [-0.2, -0.15) is 0 Å². The van der Waals surface area contributed by atoms with E-state index in [9.17, 15) is 10.1 Å². The molecular weight excluding hydrogens is 252 g/mol. The largest absolute Gasteiger partial charge is 0.365 e. The second kappa shape index (κ2) is 5.08. The van der Waals surface area contributed by atoms with E-state index in [2.05, 4.69) is 39.5 Å². The highest BCUT2D eigenvalue weighted by Crippen LogP contribution is 2.50. The maximum Gasteiger partial charge on any atom is 0.275 e. The van der Waals surface area contributed by atoms with Gasteiger partial charge in [0.15, 0.2) is 0 Å². The van der Waals surface area contributed by atoms with Gasteiger partial charge in [-0.15, -0.1) is 0 Å². The maximum atomic E-state index is 11.3. The lowest BCUT2D eigenvalue weighted by molar-refractivity contribution is -0.385. The molecule has 0 fully saturated rings. The van der Waals surface area contributed by atoms with Crippen LogP contribution >= 0.6 is 0 Å². The first kappa shape index (κ1) is 14.8. The number of rotatable bonds is 4. The molecule has 110 valence electrons. The number of anilines is 1. The van der Waals surface area contributed by atoms with Gasteiger partial charge in [0.25, 0.3) is 5.69 Å². The van der Waals surface area contributed by atoms with E-state index in [1.54, 1.807) is 12.1 Å². The Labute approximate surface area is 120 Å². The van der Waals surface area contributed by atoms with Gasteiger partial charge in [-0.3, -0.25) is 10.1 Å². The van der Waals surface area contributed by atoms with Crippen LogP contribution in [0.4, 0.5) is 11.4 Å². The molecule has 1 unspecified atom stereocenters. The minimum absolute atomic E-state index is 0.0800. The quantitative estimate of drug-likeness (QED) is 0.607. The molecule has 1 aromatic carbocycles. The molecule has 1 aliphatic heterocycles. The molecule has 0 aromatic heterocycles. The summed E-state index contributed by atoms with van der Waals surface area (Å²) in [5.74, 6) is 0.787. The van der Waals surface area contributed by atoms with Crippen LogP contribution in [0.15, 0.2) is 18.2 Å². The van der Waals surface area contributed by atoms with E-state index in [1.165, 1.54) is 0 Å². The summed E-state index contributed by atoms with van der Waals surface area (Å²) in [5.41, 5.74) is 2.11. The van der Waals surface area contributed by atoms with Crippen molar-refractivity contribution >= 4 is 11.4 Å². The zero-order chi connectivity index (χ0) is 15.1. The molecule has 0 saturated heterocycles. The first-order valence-electron chi connectivity index (χ1n) is 7.31. The molecule has 0 saturated carbocycles. The van der Waals surface area contributed by atoms with Gasteiger partial charge in [0.2, 0.25) is 0 Å². The van der Waals surface area contributed by atoms with Crippen LogP contribution in [0.3, 0.4) is 0 Å². The van der Waals surface area contributed by atoms with E-state index >= 15 is 0 Å². The Hall–Kier alpha value is -1.58. The summed E-state index contributed by atoms with van der Waals surface area (Å²) in [7, 11) is 0. The molecule has 4 nitrogen and oxygen atoms in total. The molecule has 0 spiro atoms. The van der Waals surface area contributed by atoms with Gasteiger partial charge < -0.3 is 4.90 Å². The van der Waals surface area contributed by atoms with Crippen molar-refractivity contribution in [2.45, 2.75) is 52.5 Å². The van der Waals surface area contributed by atoms with E-state index < -0.39 is 0 Å². The number of hydrogen-bond donors (Lipinski definition) is 0. The van der Waals surface area contributed by atoms with E-state index in [-0.39, 0.29) is 22.1 Å². The predicted octanol–water partition coefficient (Wildman–Crippen LogP) is 4.34. The molecule has 20 heavy (non-hydrogen) atoms. The van der Waals surface area contributed by atoms with Crippen molar-refractivity contribution in [3.63, 3.8) is 0 Å². The van der Waals surface area contributed by atoms with Crippen LogP contribution < -0.4 is 4.90 Å². The monoisotopic (exact) mass is 276 g/mol. The normalized spacial score (nSPS) is 20.3. The summed E-state index contributed by atoms with van der Waals surface area (Å²) >= 11 is 0. The summed E-state index contributed by atoms with van der Waals surface area (Å²) < 4.78 is 0. The van der Waals surface area contributed by atoms with Gasteiger partial charge >= 0.3 is 0 Å². The third kappa shape index (κ3) is 2.28. The average Bonchev–Trinajstić information content (AvgIpc) is 2.55. The number of nitrogens with zero attached hydrogens (tertiary/aromatic N) is 2. The second-order valence-corrected chi connectivity index (χ2v) is 6.68. The molecule has 0 radical (unpaired) electrons. The average molecular weight is 276 g/mol. The van der Waals surface area contributed by atoms with Gasteiger partial charge in [0.1, 0.15) is 0 Å². The van der Waals surface area contributed by atoms with Crippen LogP contribution in [0.25, 0.3) is 0 Å². The molecule has 0 aliphatic carbocycles. The molecular formula is C16H24N2O2. The number of benzene rings is 1. The Kier molecular flexibility index (Phi) is 3.76. The summed E-state index contributed by atoms with van der Waals surface area (Å²) in [6, 6.07) is 5.44. The zero-order valence-corrected chi connectivity index (χ0v) is 13.0. The van der Waals surface area contributed by atoms with Gasteiger partial charge in [-0.25, -0.2) is 0 Å². The van der Waals surface area contributed by atoms with E-state index in [0.29, 0.717) is 5.92 Å². The predicted molar refractivity (Wildman–Crippen MR) is 82.4 cm³/mol. The molecule has 0 N–H and O–H groups in total. The van der Waals surface area contributed by atoms with Crippen molar-refractivity contribution in [1.82, 2.24) is 0 Å². The fourth-order valence-electron chi connectivity index (χ4n) is 3.07. The SMILES string of the molecule is CC(C)CCN1c2cccc([N+](=O)[O-])c2C(C)C1(C)C. The first-order valence-corrected chi connectivity index (χ1v) is 7.31. The molecule has 1 atom stereocenters. The van der Waals surface area contributed by atoms with E-state index in [0.717, 1.165) is 24.2 Å². The zero-order valence-electron chi connectivity index (χ0n) is 13.0. The maximum absolute atomic E-state index is 11.3. The lowest BCUT2D eigenvalue weighted by Crippen LogP contribution is -2.43. The third-order valence-corrected chi connectivity index (χ3v) is 4.67.